The van der Waals surface area contributed by atoms with E-state index in [1.165, 1.54) is 16.9 Å². The predicted molar refractivity (Wildman–Crippen MR) is 92.0 cm³/mol. The quantitative estimate of drug-likeness (QED) is 0.682. The minimum absolute atomic E-state index is 0.151. The second-order valence-corrected chi connectivity index (χ2v) is 6.47. The van der Waals surface area contributed by atoms with Gasteiger partial charge >= 0.3 is 6.03 Å². The topological polar surface area (TPSA) is 70.6 Å². The van der Waals surface area contributed by atoms with Crippen molar-refractivity contribution >= 4 is 17.4 Å². The molecule has 0 aliphatic heterocycles. The molecule has 1 aromatic carbocycles. The van der Waals surface area contributed by atoms with Gasteiger partial charge in [0.05, 0.1) is 13.1 Å². The molecule has 23 heavy (non-hydrogen) atoms. The summed E-state index contributed by atoms with van der Waals surface area (Å²) < 4.78 is 5.53. The van der Waals surface area contributed by atoms with Crippen molar-refractivity contribution < 1.29 is 14.6 Å². The van der Waals surface area contributed by atoms with Crippen LogP contribution in [0.3, 0.4) is 0 Å². The van der Waals surface area contributed by atoms with E-state index in [1.807, 2.05) is 48.7 Å². The first-order valence-corrected chi connectivity index (χ1v) is 8.33. The SMILES string of the molecule is Cc1ccc(OCCNC(=O)NCC(C)(O)c2cccs2)cc1. The molecule has 0 aliphatic carbocycles. The molecule has 0 saturated heterocycles. The molecule has 1 unspecified atom stereocenters. The van der Waals surface area contributed by atoms with Gasteiger partial charge in [0.2, 0.25) is 0 Å². The number of carbonyl (C=O) groups is 1. The van der Waals surface area contributed by atoms with Crippen molar-refractivity contribution in [2.45, 2.75) is 19.4 Å². The summed E-state index contributed by atoms with van der Waals surface area (Å²) in [6.07, 6.45) is 0. The van der Waals surface area contributed by atoms with Crippen LogP contribution in [0.15, 0.2) is 41.8 Å². The van der Waals surface area contributed by atoms with Crippen LogP contribution in [-0.4, -0.2) is 30.8 Å². The molecule has 0 saturated carbocycles. The highest BCUT2D eigenvalue weighted by Crippen LogP contribution is 2.24. The molecule has 124 valence electrons. The summed E-state index contributed by atoms with van der Waals surface area (Å²) in [6, 6.07) is 11.1. The Hall–Kier alpha value is -2.05. The standard InChI is InChI=1S/C17H22N2O3S/c1-13-5-7-14(8-6-13)22-10-9-18-16(20)19-12-17(2,21)15-4-3-11-23-15/h3-8,11,21H,9-10,12H2,1-2H3,(H2,18,19,20). The number of hydrogen-bond acceptors (Lipinski definition) is 4. The number of aryl methyl sites for hydroxylation is 1. The summed E-state index contributed by atoms with van der Waals surface area (Å²) in [5.41, 5.74) is 0.108. The molecule has 2 rings (SSSR count). The molecule has 2 amide bonds. The van der Waals surface area contributed by atoms with Crippen molar-refractivity contribution in [3.8, 4) is 5.75 Å². The average molecular weight is 334 g/mol. The third kappa shape index (κ3) is 5.58. The molecule has 3 N–H and O–H groups in total. The number of benzene rings is 1. The van der Waals surface area contributed by atoms with Gasteiger partial charge in [0.25, 0.3) is 0 Å². The van der Waals surface area contributed by atoms with Crippen LogP contribution in [0, 0.1) is 6.92 Å². The molecule has 1 heterocycles. The van der Waals surface area contributed by atoms with E-state index in [2.05, 4.69) is 10.6 Å². The molecular formula is C17H22N2O3S. The van der Waals surface area contributed by atoms with Crippen LogP contribution in [0.4, 0.5) is 4.79 Å². The van der Waals surface area contributed by atoms with E-state index in [-0.39, 0.29) is 12.6 Å². The molecule has 6 heteroatoms. The van der Waals surface area contributed by atoms with Gasteiger partial charge in [0.15, 0.2) is 0 Å². The van der Waals surface area contributed by atoms with Crippen LogP contribution in [-0.2, 0) is 5.60 Å². The summed E-state index contributed by atoms with van der Waals surface area (Å²) in [4.78, 5) is 12.5. The normalized spacial score (nSPS) is 13.2. The van der Waals surface area contributed by atoms with Crippen LogP contribution in [0.5, 0.6) is 5.75 Å². The van der Waals surface area contributed by atoms with Crippen molar-refractivity contribution in [1.82, 2.24) is 10.6 Å². The maximum atomic E-state index is 11.7. The van der Waals surface area contributed by atoms with E-state index < -0.39 is 5.60 Å². The lowest BCUT2D eigenvalue weighted by Crippen LogP contribution is -2.44. The van der Waals surface area contributed by atoms with Gasteiger partial charge in [-0.3, -0.25) is 0 Å². The monoisotopic (exact) mass is 334 g/mol. The number of nitrogens with one attached hydrogen (secondary N) is 2. The first-order valence-electron chi connectivity index (χ1n) is 7.45. The first kappa shape index (κ1) is 17.3. The Morgan fingerprint density at radius 2 is 2.00 bits per heavy atom. The van der Waals surface area contributed by atoms with Crippen LogP contribution in [0.1, 0.15) is 17.4 Å². The second kappa shape index (κ2) is 7.99. The lowest BCUT2D eigenvalue weighted by molar-refractivity contribution is 0.0631. The third-order valence-corrected chi connectivity index (χ3v) is 4.45. The van der Waals surface area contributed by atoms with E-state index in [9.17, 15) is 9.90 Å². The van der Waals surface area contributed by atoms with E-state index in [1.54, 1.807) is 6.92 Å². The Morgan fingerprint density at radius 3 is 2.65 bits per heavy atom. The molecule has 2 aromatic rings. The molecule has 0 fully saturated rings. The molecular weight excluding hydrogens is 312 g/mol. The van der Waals surface area contributed by atoms with Crippen LogP contribution < -0.4 is 15.4 Å². The van der Waals surface area contributed by atoms with Gasteiger partial charge in [-0.2, -0.15) is 0 Å². The van der Waals surface area contributed by atoms with Crippen molar-refractivity contribution in [3.05, 3.63) is 52.2 Å². The Kier molecular flexibility index (Phi) is 6.01. The molecule has 0 aliphatic rings. The van der Waals surface area contributed by atoms with Gasteiger partial charge in [-0.25, -0.2) is 4.79 Å². The molecule has 0 bridgehead atoms. The Bertz CT molecular complexity index is 609. The summed E-state index contributed by atoms with van der Waals surface area (Å²) in [6.45, 7) is 4.62. The van der Waals surface area contributed by atoms with Crippen LogP contribution in [0.2, 0.25) is 0 Å². The fraction of sp³-hybridized carbons (Fsp3) is 0.353. The molecule has 0 radical (unpaired) electrons. The fourth-order valence-electron chi connectivity index (χ4n) is 1.95. The zero-order valence-corrected chi connectivity index (χ0v) is 14.2. The highest BCUT2D eigenvalue weighted by atomic mass is 32.1. The van der Waals surface area contributed by atoms with E-state index in [4.69, 9.17) is 4.74 Å². The Labute approximate surface area is 140 Å². The molecule has 1 atom stereocenters. The zero-order valence-electron chi connectivity index (χ0n) is 13.3. The van der Waals surface area contributed by atoms with Gasteiger partial charge in [0, 0.05) is 4.88 Å². The minimum atomic E-state index is -1.07. The van der Waals surface area contributed by atoms with Crippen LogP contribution in [0.25, 0.3) is 0 Å². The maximum Gasteiger partial charge on any atom is 0.315 e. The number of urea groups is 1. The van der Waals surface area contributed by atoms with Crippen molar-refractivity contribution in [1.29, 1.82) is 0 Å². The van der Waals surface area contributed by atoms with Crippen molar-refractivity contribution in [2.75, 3.05) is 19.7 Å². The number of amides is 2. The number of carbonyl (C=O) groups excluding carboxylic acids is 1. The van der Waals surface area contributed by atoms with Gasteiger partial charge < -0.3 is 20.5 Å². The Balaban J connectivity index is 1.64. The minimum Gasteiger partial charge on any atom is -0.492 e. The maximum absolute atomic E-state index is 11.7. The highest BCUT2D eigenvalue weighted by molar-refractivity contribution is 7.10. The summed E-state index contributed by atoms with van der Waals surface area (Å²) in [5.74, 6) is 0.776. The molecule has 0 spiro atoms. The van der Waals surface area contributed by atoms with Gasteiger partial charge in [-0.15, -0.1) is 11.3 Å². The summed E-state index contributed by atoms with van der Waals surface area (Å²) >= 11 is 1.46. The summed E-state index contributed by atoms with van der Waals surface area (Å²) in [5, 5.41) is 17.6. The van der Waals surface area contributed by atoms with E-state index >= 15 is 0 Å². The van der Waals surface area contributed by atoms with E-state index in [0.717, 1.165) is 10.6 Å². The first-order chi connectivity index (χ1) is 11.0. The largest absolute Gasteiger partial charge is 0.492 e. The smallest absolute Gasteiger partial charge is 0.315 e. The number of hydrogen-bond donors (Lipinski definition) is 3. The third-order valence-electron chi connectivity index (χ3n) is 3.32. The van der Waals surface area contributed by atoms with Gasteiger partial charge in [-0.1, -0.05) is 23.8 Å². The van der Waals surface area contributed by atoms with Crippen molar-refractivity contribution in [2.24, 2.45) is 0 Å². The lowest BCUT2D eigenvalue weighted by atomic mass is 10.1. The average Bonchev–Trinajstić information content (AvgIpc) is 3.07. The van der Waals surface area contributed by atoms with Crippen LogP contribution >= 0.6 is 11.3 Å². The fourth-order valence-corrected chi connectivity index (χ4v) is 2.74. The Morgan fingerprint density at radius 1 is 1.26 bits per heavy atom. The van der Waals surface area contributed by atoms with E-state index in [0.29, 0.717) is 13.2 Å². The zero-order chi connectivity index (χ0) is 16.7. The van der Waals surface area contributed by atoms with Crippen molar-refractivity contribution in [3.63, 3.8) is 0 Å². The number of ether oxygens (including phenoxy) is 1. The molecule has 5 nitrogen and oxygen atoms in total. The van der Waals surface area contributed by atoms with Gasteiger partial charge in [-0.05, 0) is 37.4 Å². The molecule has 1 aromatic heterocycles. The number of rotatable bonds is 7. The van der Waals surface area contributed by atoms with Gasteiger partial charge in [0.1, 0.15) is 18.0 Å². The highest BCUT2D eigenvalue weighted by Gasteiger charge is 2.24. The summed E-state index contributed by atoms with van der Waals surface area (Å²) in [7, 11) is 0. The lowest BCUT2D eigenvalue weighted by Gasteiger charge is -2.22. The predicted octanol–water partition coefficient (Wildman–Crippen LogP) is 2.64. The number of aliphatic hydroxyl groups is 1. The number of thiophene rings is 1. The second-order valence-electron chi connectivity index (χ2n) is 5.52.